The number of hydrogen-bond donors (Lipinski definition) is 0. The van der Waals surface area contributed by atoms with Gasteiger partial charge in [-0.1, -0.05) is 13.0 Å². The molecular formula is C14H18FNO4S. The molecule has 1 aromatic rings. The van der Waals surface area contributed by atoms with Crippen molar-refractivity contribution in [3.63, 3.8) is 0 Å². The second-order valence-corrected chi connectivity index (χ2v) is 7.28. The Morgan fingerprint density at radius 2 is 2.05 bits per heavy atom. The summed E-state index contributed by atoms with van der Waals surface area (Å²) in [6, 6.07) is 3.82. The van der Waals surface area contributed by atoms with Gasteiger partial charge in [0.15, 0.2) is 0 Å². The van der Waals surface area contributed by atoms with E-state index >= 15 is 0 Å². The molecule has 1 aliphatic heterocycles. The summed E-state index contributed by atoms with van der Waals surface area (Å²) in [6.45, 7) is 3.65. The Hall–Kier alpha value is -1.47. The number of hydrogen-bond acceptors (Lipinski definition) is 4. The molecule has 0 radical (unpaired) electrons. The summed E-state index contributed by atoms with van der Waals surface area (Å²) in [5, 5.41) is 0. The van der Waals surface area contributed by atoms with Crippen LogP contribution in [0.4, 0.5) is 4.39 Å². The van der Waals surface area contributed by atoms with Crippen molar-refractivity contribution in [2.75, 3.05) is 20.2 Å². The number of esters is 1. The predicted molar refractivity (Wildman–Crippen MR) is 74.6 cm³/mol. The van der Waals surface area contributed by atoms with Gasteiger partial charge in [-0.05, 0) is 30.5 Å². The Morgan fingerprint density at radius 3 is 2.62 bits per heavy atom. The van der Waals surface area contributed by atoms with Gasteiger partial charge in [0.25, 0.3) is 0 Å². The minimum absolute atomic E-state index is 0.0612. The first-order valence-corrected chi connectivity index (χ1v) is 8.05. The van der Waals surface area contributed by atoms with Gasteiger partial charge in [-0.3, -0.25) is 4.79 Å². The molecule has 0 aliphatic carbocycles. The van der Waals surface area contributed by atoms with E-state index in [1.54, 1.807) is 13.8 Å². The molecule has 0 spiro atoms. The molecular weight excluding hydrogens is 297 g/mol. The summed E-state index contributed by atoms with van der Waals surface area (Å²) >= 11 is 0. The molecule has 0 N–H and O–H groups in total. The third-order valence-electron chi connectivity index (χ3n) is 3.86. The van der Waals surface area contributed by atoms with Crippen LogP contribution in [-0.4, -0.2) is 38.9 Å². The fraction of sp³-hybridized carbons (Fsp3) is 0.500. The van der Waals surface area contributed by atoms with Gasteiger partial charge >= 0.3 is 5.97 Å². The zero-order valence-corrected chi connectivity index (χ0v) is 13.0. The Bertz CT molecular complexity index is 659. The second-order valence-electron chi connectivity index (χ2n) is 5.34. The van der Waals surface area contributed by atoms with Crippen LogP contribution >= 0.6 is 0 Å². The smallest absolute Gasteiger partial charge is 0.310 e. The van der Waals surface area contributed by atoms with Crippen LogP contribution < -0.4 is 0 Å². The standard InChI is InChI=1S/C14H18FNO4S/c1-9-4-5-11(6-13(9)15)21(18,19)16-7-10(2)12(8-16)14(17)20-3/h4-6,10,12H,7-8H2,1-3H3. The number of halogens is 1. The van der Waals surface area contributed by atoms with E-state index in [0.717, 1.165) is 6.07 Å². The van der Waals surface area contributed by atoms with Gasteiger partial charge < -0.3 is 4.74 Å². The number of benzene rings is 1. The number of methoxy groups -OCH3 is 1. The molecule has 0 aromatic heterocycles. The average molecular weight is 315 g/mol. The first kappa shape index (κ1) is 15.9. The first-order valence-electron chi connectivity index (χ1n) is 6.61. The number of sulfonamides is 1. The maximum Gasteiger partial charge on any atom is 0.310 e. The number of carbonyl (C=O) groups is 1. The predicted octanol–water partition coefficient (Wildman–Crippen LogP) is 1.56. The molecule has 0 saturated carbocycles. The normalized spacial score (nSPS) is 23.2. The van der Waals surface area contributed by atoms with Crippen LogP contribution in [0.3, 0.4) is 0 Å². The lowest BCUT2D eigenvalue weighted by atomic mass is 9.99. The third-order valence-corrected chi connectivity index (χ3v) is 5.69. The van der Waals surface area contributed by atoms with Crippen LogP contribution in [0.15, 0.2) is 23.1 Å². The Morgan fingerprint density at radius 1 is 1.38 bits per heavy atom. The van der Waals surface area contributed by atoms with Crippen LogP contribution in [0.2, 0.25) is 0 Å². The van der Waals surface area contributed by atoms with Crippen LogP contribution in [0.1, 0.15) is 12.5 Å². The Labute approximate surface area is 123 Å². The lowest BCUT2D eigenvalue weighted by Crippen LogP contribution is -2.30. The van der Waals surface area contributed by atoms with Gasteiger partial charge in [0.05, 0.1) is 17.9 Å². The average Bonchev–Trinajstić information content (AvgIpc) is 2.83. The Balaban J connectivity index is 2.29. The lowest BCUT2D eigenvalue weighted by molar-refractivity contribution is -0.145. The maximum absolute atomic E-state index is 13.6. The van der Waals surface area contributed by atoms with Crippen LogP contribution in [0.25, 0.3) is 0 Å². The highest BCUT2D eigenvalue weighted by molar-refractivity contribution is 7.89. The van der Waals surface area contributed by atoms with Crippen LogP contribution in [0.5, 0.6) is 0 Å². The highest BCUT2D eigenvalue weighted by Crippen LogP contribution is 2.29. The molecule has 116 valence electrons. The molecule has 5 nitrogen and oxygen atoms in total. The van der Waals surface area contributed by atoms with Crippen molar-refractivity contribution in [3.8, 4) is 0 Å². The molecule has 7 heteroatoms. The fourth-order valence-corrected chi connectivity index (χ4v) is 4.04. The molecule has 1 heterocycles. The third kappa shape index (κ3) is 2.94. The molecule has 1 fully saturated rings. The summed E-state index contributed by atoms with van der Waals surface area (Å²) in [4.78, 5) is 11.5. The number of rotatable bonds is 3. The number of aryl methyl sites for hydroxylation is 1. The van der Waals surface area contributed by atoms with E-state index in [2.05, 4.69) is 4.74 Å². The summed E-state index contributed by atoms with van der Waals surface area (Å²) in [5.41, 5.74) is 0.385. The molecule has 1 saturated heterocycles. The van der Waals surface area contributed by atoms with Gasteiger partial charge in [0, 0.05) is 13.1 Å². The van der Waals surface area contributed by atoms with Gasteiger partial charge in [0.1, 0.15) is 5.82 Å². The molecule has 0 amide bonds. The largest absolute Gasteiger partial charge is 0.469 e. The van der Waals surface area contributed by atoms with Crippen molar-refractivity contribution in [1.29, 1.82) is 0 Å². The van der Waals surface area contributed by atoms with Gasteiger partial charge in [-0.15, -0.1) is 0 Å². The van der Waals surface area contributed by atoms with Gasteiger partial charge in [0.2, 0.25) is 10.0 Å². The van der Waals surface area contributed by atoms with Crippen molar-refractivity contribution in [2.45, 2.75) is 18.7 Å². The van der Waals surface area contributed by atoms with Crippen molar-refractivity contribution in [2.24, 2.45) is 11.8 Å². The maximum atomic E-state index is 13.6. The molecule has 2 atom stereocenters. The quantitative estimate of drug-likeness (QED) is 0.794. The molecule has 0 bridgehead atoms. The molecule has 2 unspecified atom stereocenters. The lowest BCUT2D eigenvalue weighted by Gasteiger charge is -2.16. The van der Waals surface area contributed by atoms with E-state index < -0.39 is 27.7 Å². The van der Waals surface area contributed by atoms with Crippen molar-refractivity contribution in [3.05, 3.63) is 29.6 Å². The summed E-state index contributed by atoms with van der Waals surface area (Å²) < 4.78 is 44.5. The first-order chi connectivity index (χ1) is 9.77. The zero-order valence-electron chi connectivity index (χ0n) is 12.2. The minimum atomic E-state index is -3.80. The molecule has 21 heavy (non-hydrogen) atoms. The van der Waals surface area contributed by atoms with E-state index in [4.69, 9.17) is 0 Å². The van der Waals surface area contributed by atoms with Gasteiger partial charge in [-0.25, -0.2) is 12.8 Å². The van der Waals surface area contributed by atoms with Crippen molar-refractivity contribution in [1.82, 2.24) is 4.31 Å². The topological polar surface area (TPSA) is 63.7 Å². The minimum Gasteiger partial charge on any atom is -0.469 e. The monoisotopic (exact) mass is 315 g/mol. The fourth-order valence-electron chi connectivity index (χ4n) is 2.46. The zero-order chi connectivity index (χ0) is 15.8. The number of carbonyl (C=O) groups excluding carboxylic acids is 1. The number of nitrogens with zero attached hydrogens (tertiary/aromatic N) is 1. The summed E-state index contributed by atoms with van der Waals surface area (Å²) in [5.74, 6) is -1.61. The van der Waals surface area contributed by atoms with Crippen LogP contribution in [-0.2, 0) is 19.6 Å². The number of ether oxygens (including phenoxy) is 1. The van der Waals surface area contributed by atoms with E-state index in [-0.39, 0.29) is 23.9 Å². The summed E-state index contributed by atoms with van der Waals surface area (Å²) in [7, 11) is -2.52. The van der Waals surface area contributed by atoms with Crippen LogP contribution in [0, 0.1) is 24.6 Å². The van der Waals surface area contributed by atoms with Crippen molar-refractivity contribution >= 4 is 16.0 Å². The molecule has 1 aliphatic rings. The van der Waals surface area contributed by atoms with Crippen molar-refractivity contribution < 1.29 is 22.3 Å². The van der Waals surface area contributed by atoms with Gasteiger partial charge in [-0.2, -0.15) is 4.31 Å². The van der Waals surface area contributed by atoms with E-state index in [0.29, 0.717) is 5.56 Å². The van der Waals surface area contributed by atoms with E-state index in [1.165, 1.54) is 23.5 Å². The van der Waals surface area contributed by atoms with E-state index in [1.807, 2.05) is 0 Å². The highest BCUT2D eigenvalue weighted by Gasteiger charge is 2.41. The molecule has 2 rings (SSSR count). The summed E-state index contributed by atoms with van der Waals surface area (Å²) in [6.07, 6.45) is 0. The SMILES string of the molecule is COC(=O)C1CN(S(=O)(=O)c2ccc(C)c(F)c2)CC1C. The molecule has 1 aromatic carbocycles. The highest BCUT2D eigenvalue weighted by atomic mass is 32.2. The van der Waals surface area contributed by atoms with E-state index in [9.17, 15) is 17.6 Å². The second kappa shape index (κ2) is 5.73. The Kier molecular flexibility index (Phi) is 4.34.